The van der Waals surface area contributed by atoms with E-state index in [0.717, 1.165) is 23.1 Å². The van der Waals surface area contributed by atoms with Gasteiger partial charge in [-0.25, -0.2) is 9.78 Å². The van der Waals surface area contributed by atoms with E-state index in [1.807, 2.05) is 35.8 Å². The van der Waals surface area contributed by atoms with Crippen LogP contribution < -0.4 is 0 Å². The van der Waals surface area contributed by atoms with E-state index in [4.69, 9.17) is 4.74 Å². The zero-order chi connectivity index (χ0) is 17.8. The maximum absolute atomic E-state index is 11.5. The Morgan fingerprint density at radius 2 is 1.96 bits per heavy atom. The first-order valence-electron chi connectivity index (χ1n) is 7.93. The minimum atomic E-state index is -0.385. The number of aryl methyl sites for hydroxylation is 1. The van der Waals surface area contributed by atoms with Gasteiger partial charge < -0.3 is 9.30 Å². The molecule has 0 saturated heterocycles. The Kier molecular flexibility index (Phi) is 4.62. The van der Waals surface area contributed by atoms with Crippen molar-refractivity contribution in [3.8, 4) is 6.07 Å². The number of fused-ring (bicyclic) bond motifs is 1. The number of carbonyl (C=O) groups is 1. The molecule has 0 saturated carbocycles. The lowest BCUT2D eigenvalue weighted by Crippen LogP contribution is -2.01. The van der Waals surface area contributed by atoms with Gasteiger partial charge in [-0.05, 0) is 42.8 Å². The predicted octanol–water partition coefficient (Wildman–Crippen LogP) is 3.91. The number of nitrogens with zero attached hydrogens (tertiary/aromatic N) is 3. The highest BCUT2D eigenvalue weighted by atomic mass is 16.5. The molecule has 0 aliphatic rings. The number of rotatable bonds is 4. The maximum atomic E-state index is 11.5. The van der Waals surface area contributed by atoms with E-state index in [2.05, 4.69) is 11.1 Å². The van der Waals surface area contributed by atoms with Gasteiger partial charge in [0.1, 0.15) is 6.07 Å². The summed E-state index contributed by atoms with van der Waals surface area (Å²) < 4.78 is 6.71. The van der Waals surface area contributed by atoms with Gasteiger partial charge in [-0.2, -0.15) is 5.26 Å². The third kappa shape index (κ3) is 3.15. The summed E-state index contributed by atoms with van der Waals surface area (Å²) in [4.78, 5) is 16.1. The van der Waals surface area contributed by atoms with Crippen molar-refractivity contribution >= 4 is 28.7 Å². The molecule has 5 nitrogen and oxygen atoms in total. The van der Waals surface area contributed by atoms with Crippen LogP contribution in [0, 0.1) is 11.3 Å². The molecule has 0 amide bonds. The first-order valence-corrected chi connectivity index (χ1v) is 7.93. The summed E-state index contributed by atoms with van der Waals surface area (Å²) in [5, 5.41) is 9.62. The molecule has 1 heterocycles. The fourth-order valence-electron chi connectivity index (χ4n) is 2.75. The lowest BCUT2D eigenvalue weighted by molar-refractivity contribution is 0.0600. The molecule has 0 spiro atoms. The van der Waals surface area contributed by atoms with Crippen molar-refractivity contribution in [2.45, 2.75) is 13.5 Å². The van der Waals surface area contributed by atoms with E-state index < -0.39 is 0 Å². The summed E-state index contributed by atoms with van der Waals surface area (Å²) in [5.74, 6) is 0.257. The molecule has 2 aromatic carbocycles. The summed E-state index contributed by atoms with van der Waals surface area (Å²) in [5.41, 5.74) is 3.63. The number of imidazole rings is 1. The smallest absolute Gasteiger partial charge is 0.337 e. The van der Waals surface area contributed by atoms with Crippen LogP contribution in [0.5, 0.6) is 0 Å². The maximum Gasteiger partial charge on any atom is 0.337 e. The van der Waals surface area contributed by atoms with Crippen LogP contribution in [-0.2, 0) is 11.3 Å². The summed E-state index contributed by atoms with van der Waals surface area (Å²) in [7, 11) is 1.35. The van der Waals surface area contributed by atoms with Crippen LogP contribution in [-0.4, -0.2) is 22.6 Å². The number of methoxy groups -OCH3 is 1. The molecule has 25 heavy (non-hydrogen) atoms. The summed E-state index contributed by atoms with van der Waals surface area (Å²) in [6.07, 6.45) is 1.77. The van der Waals surface area contributed by atoms with Crippen LogP contribution in [0.15, 0.2) is 48.5 Å². The van der Waals surface area contributed by atoms with Gasteiger partial charge in [0.2, 0.25) is 0 Å². The van der Waals surface area contributed by atoms with Crippen LogP contribution >= 0.6 is 0 Å². The Morgan fingerprint density at radius 3 is 2.60 bits per heavy atom. The second kappa shape index (κ2) is 7.02. The second-order valence-corrected chi connectivity index (χ2v) is 5.45. The van der Waals surface area contributed by atoms with E-state index in [-0.39, 0.29) is 5.97 Å². The van der Waals surface area contributed by atoms with Crippen LogP contribution in [0.25, 0.3) is 22.7 Å². The molecule has 0 aliphatic carbocycles. The number of ether oxygens (including phenoxy) is 1. The third-order valence-corrected chi connectivity index (χ3v) is 3.97. The molecule has 1 aromatic heterocycles. The number of carbonyl (C=O) groups excluding carboxylic acids is 1. The number of nitriles is 1. The highest BCUT2D eigenvalue weighted by molar-refractivity contribution is 5.92. The highest BCUT2D eigenvalue weighted by Crippen LogP contribution is 2.23. The molecule has 0 aliphatic heterocycles. The third-order valence-electron chi connectivity index (χ3n) is 3.97. The van der Waals surface area contributed by atoms with Gasteiger partial charge in [-0.15, -0.1) is 0 Å². The van der Waals surface area contributed by atoms with Crippen LogP contribution in [0.2, 0.25) is 0 Å². The van der Waals surface area contributed by atoms with Gasteiger partial charge in [0.05, 0.1) is 29.3 Å². The van der Waals surface area contributed by atoms with Gasteiger partial charge in [0.25, 0.3) is 0 Å². The van der Waals surface area contributed by atoms with Gasteiger partial charge in [0.15, 0.2) is 5.82 Å². The normalized spacial score (nSPS) is 11.3. The topological polar surface area (TPSA) is 67.9 Å². The minimum absolute atomic E-state index is 0.385. The molecule has 0 unspecified atom stereocenters. The lowest BCUT2D eigenvalue weighted by Gasteiger charge is -2.05. The molecule has 3 rings (SSSR count). The average Bonchev–Trinajstić information content (AvgIpc) is 3.04. The van der Waals surface area contributed by atoms with Crippen molar-refractivity contribution in [2.24, 2.45) is 0 Å². The van der Waals surface area contributed by atoms with Crippen molar-refractivity contribution in [3.63, 3.8) is 0 Å². The Bertz CT molecular complexity index is 992. The molecule has 0 atom stereocenters. The fraction of sp³-hybridized carbons (Fsp3) is 0.150. The highest BCUT2D eigenvalue weighted by Gasteiger charge is 2.13. The molecular weight excluding hydrogens is 314 g/mol. The standard InChI is InChI=1S/C20H17N3O2/c1-3-23-18-7-5-4-6-17(18)22-19(23)16(13-21)12-14-8-10-15(11-9-14)20(24)25-2/h4-12H,3H2,1-2H3/b16-12+. The Labute approximate surface area is 145 Å². The summed E-state index contributed by atoms with van der Waals surface area (Å²) >= 11 is 0. The molecule has 5 heteroatoms. The van der Waals surface area contributed by atoms with Crippen molar-refractivity contribution in [1.82, 2.24) is 9.55 Å². The zero-order valence-electron chi connectivity index (χ0n) is 14.1. The monoisotopic (exact) mass is 331 g/mol. The molecule has 0 N–H and O–H groups in total. The summed E-state index contributed by atoms with van der Waals surface area (Å²) in [6.45, 7) is 2.74. The minimum Gasteiger partial charge on any atom is -0.465 e. The molecular formula is C20H17N3O2. The fourth-order valence-corrected chi connectivity index (χ4v) is 2.75. The number of hydrogen-bond acceptors (Lipinski definition) is 4. The average molecular weight is 331 g/mol. The van der Waals surface area contributed by atoms with E-state index in [1.165, 1.54) is 7.11 Å². The van der Waals surface area contributed by atoms with Gasteiger partial charge in [-0.3, -0.25) is 0 Å². The Balaban J connectivity index is 2.04. The first-order chi connectivity index (χ1) is 12.2. The van der Waals surface area contributed by atoms with Crippen molar-refractivity contribution in [2.75, 3.05) is 7.11 Å². The molecule has 0 fully saturated rings. The lowest BCUT2D eigenvalue weighted by atomic mass is 10.1. The molecule has 0 radical (unpaired) electrons. The molecule has 0 bridgehead atoms. The van der Waals surface area contributed by atoms with Gasteiger partial charge in [-0.1, -0.05) is 24.3 Å². The van der Waals surface area contributed by atoms with E-state index in [9.17, 15) is 10.1 Å². The van der Waals surface area contributed by atoms with E-state index >= 15 is 0 Å². The number of esters is 1. The number of benzene rings is 2. The number of allylic oxidation sites excluding steroid dienone is 1. The Hall–Kier alpha value is -3.39. The Morgan fingerprint density at radius 1 is 1.24 bits per heavy atom. The SMILES string of the molecule is CCn1c(/C(C#N)=C/c2ccc(C(=O)OC)cc2)nc2ccccc21. The largest absolute Gasteiger partial charge is 0.465 e. The van der Waals surface area contributed by atoms with E-state index in [0.29, 0.717) is 17.0 Å². The van der Waals surface area contributed by atoms with E-state index in [1.54, 1.807) is 30.3 Å². The van der Waals surface area contributed by atoms with Crippen LogP contribution in [0.3, 0.4) is 0 Å². The molecule has 124 valence electrons. The number of para-hydroxylation sites is 2. The van der Waals surface area contributed by atoms with Gasteiger partial charge in [0, 0.05) is 6.54 Å². The zero-order valence-corrected chi connectivity index (χ0v) is 14.1. The van der Waals surface area contributed by atoms with Crippen molar-refractivity contribution in [1.29, 1.82) is 5.26 Å². The van der Waals surface area contributed by atoms with Crippen molar-refractivity contribution in [3.05, 3.63) is 65.5 Å². The van der Waals surface area contributed by atoms with Crippen LogP contribution in [0.4, 0.5) is 0 Å². The molecule has 3 aromatic rings. The number of aromatic nitrogens is 2. The van der Waals surface area contributed by atoms with Crippen molar-refractivity contribution < 1.29 is 9.53 Å². The number of hydrogen-bond donors (Lipinski definition) is 0. The first kappa shape index (κ1) is 16.5. The van der Waals surface area contributed by atoms with Gasteiger partial charge >= 0.3 is 5.97 Å². The predicted molar refractivity (Wildman–Crippen MR) is 96.7 cm³/mol. The summed E-state index contributed by atoms with van der Waals surface area (Å²) in [6, 6.07) is 17.0. The van der Waals surface area contributed by atoms with Crippen LogP contribution in [0.1, 0.15) is 28.7 Å². The second-order valence-electron chi connectivity index (χ2n) is 5.45. The quantitative estimate of drug-likeness (QED) is 0.537.